The molecule has 3 aromatic rings. The normalized spacial score (nSPS) is 19.0. The van der Waals surface area contributed by atoms with Gasteiger partial charge in [0.05, 0.1) is 18.2 Å². The van der Waals surface area contributed by atoms with Gasteiger partial charge in [-0.25, -0.2) is 18.5 Å². The number of nitrogens with zero attached hydrogens (tertiary/aromatic N) is 4. The Kier molecular flexibility index (Phi) is 7.11. The highest BCUT2D eigenvalue weighted by Crippen LogP contribution is 2.27. The topological polar surface area (TPSA) is 148 Å². The summed E-state index contributed by atoms with van der Waals surface area (Å²) in [6, 6.07) is 8.02. The van der Waals surface area contributed by atoms with Crippen LogP contribution in [-0.4, -0.2) is 50.9 Å². The molecule has 0 bridgehead atoms. The van der Waals surface area contributed by atoms with Gasteiger partial charge in [-0.2, -0.15) is 9.97 Å². The maximum atomic E-state index is 11.1. The summed E-state index contributed by atoms with van der Waals surface area (Å²) in [6.45, 7) is 2.79. The van der Waals surface area contributed by atoms with Crippen molar-refractivity contribution in [3.8, 4) is 0 Å². The van der Waals surface area contributed by atoms with Gasteiger partial charge in [-0.15, -0.1) is 0 Å². The van der Waals surface area contributed by atoms with E-state index in [1.165, 1.54) is 0 Å². The highest BCUT2D eigenvalue weighted by Gasteiger charge is 2.21. The van der Waals surface area contributed by atoms with Gasteiger partial charge in [0.1, 0.15) is 0 Å². The molecule has 0 atom stereocenters. The second-order valence-corrected chi connectivity index (χ2v) is 10.3. The number of sulfonamides is 1. The third-order valence-electron chi connectivity index (χ3n) is 5.95. The molecule has 11 heteroatoms. The second kappa shape index (κ2) is 10.0. The SMILES string of the molecule is CCn1cnc2c(Nc3ccc(CCCS(N)(=O)=O)cc3)nc(N[C@H]3CC[C@H](O)CC3)nc21. The first kappa shape index (κ1) is 23.4. The van der Waals surface area contributed by atoms with Crippen molar-refractivity contribution in [2.24, 2.45) is 5.14 Å². The van der Waals surface area contributed by atoms with Gasteiger partial charge in [-0.1, -0.05) is 12.1 Å². The van der Waals surface area contributed by atoms with Crippen LogP contribution in [-0.2, 0) is 23.0 Å². The number of aryl methyl sites for hydroxylation is 2. The Morgan fingerprint density at radius 3 is 2.55 bits per heavy atom. The molecule has 0 spiro atoms. The van der Waals surface area contributed by atoms with Crippen LogP contribution >= 0.6 is 0 Å². The molecule has 1 saturated carbocycles. The number of hydrogen-bond acceptors (Lipinski definition) is 8. The number of nitrogens with one attached hydrogen (secondary N) is 2. The van der Waals surface area contributed by atoms with Gasteiger partial charge in [-0.05, 0) is 63.1 Å². The van der Waals surface area contributed by atoms with E-state index in [2.05, 4.69) is 15.6 Å². The van der Waals surface area contributed by atoms with Crippen molar-refractivity contribution < 1.29 is 13.5 Å². The summed E-state index contributed by atoms with van der Waals surface area (Å²) in [6.07, 6.45) is 5.99. The number of nitrogens with two attached hydrogens (primary N) is 1. The summed E-state index contributed by atoms with van der Waals surface area (Å²) >= 11 is 0. The fraction of sp³-hybridized carbons (Fsp3) is 0.500. The van der Waals surface area contributed by atoms with Crippen LogP contribution in [0.5, 0.6) is 0 Å². The Hall–Kier alpha value is -2.76. The molecular weight excluding hydrogens is 442 g/mol. The van der Waals surface area contributed by atoms with Crippen molar-refractivity contribution in [3.63, 3.8) is 0 Å². The molecule has 1 aromatic carbocycles. The lowest BCUT2D eigenvalue weighted by molar-refractivity contribution is 0.126. The highest BCUT2D eigenvalue weighted by atomic mass is 32.2. The van der Waals surface area contributed by atoms with Crippen molar-refractivity contribution in [3.05, 3.63) is 36.2 Å². The number of fused-ring (bicyclic) bond motifs is 1. The molecule has 1 aliphatic rings. The second-order valence-electron chi connectivity index (χ2n) is 8.54. The molecule has 0 unspecified atom stereocenters. The zero-order valence-electron chi connectivity index (χ0n) is 18.7. The van der Waals surface area contributed by atoms with E-state index in [0.717, 1.165) is 49.1 Å². The Morgan fingerprint density at radius 2 is 1.88 bits per heavy atom. The molecule has 10 nitrogen and oxygen atoms in total. The standard InChI is InChI=1S/C22H31N7O3S/c1-2-29-14-24-19-20(25-16-7-5-15(6-8-16)4-3-13-33(23,31)32)27-22(28-21(19)29)26-17-9-11-18(30)12-10-17/h5-8,14,17-18,30H,2-4,9-13H2,1H3,(H2,23,31,32)(H2,25,26,27,28)/t17-,18-. The van der Waals surface area contributed by atoms with Gasteiger partial charge < -0.3 is 20.3 Å². The summed E-state index contributed by atoms with van der Waals surface area (Å²) in [5.41, 5.74) is 3.34. The van der Waals surface area contributed by atoms with Crippen LogP contribution in [0.1, 0.15) is 44.6 Å². The van der Waals surface area contributed by atoms with Crippen LogP contribution in [0, 0.1) is 0 Å². The number of hydrogen-bond donors (Lipinski definition) is 4. The van der Waals surface area contributed by atoms with Crippen LogP contribution in [0.2, 0.25) is 0 Å². The van der Waals surface area contributed by atoms with Gasteiger partial charge in [0, 0.05) is 18.3 Å². The number of aliphatic hydroxyl groups is 1. The van der Waals surface area contributed by atoms with E-state index in [1.54, 1.807) is 6.33 Å². The maximum Gasteiger partial charge on any atom is 0.227 e. The molecule has 0 amide bonds. The summed E-state index contributed by atoms with van der Waals surface area (Å²) in [7, 11) is -3.44. The Balaban J connectivity index is 1.52. The van der Waals surface area contributed by atoms with E-state index in [1.807, 2.05) is 35.8 Å². The summed E-state index contributed by atoms with van der Waals surface area (Å²) in [5, 5.41) is 21.6. The molecule has 0 radical (unpaired) electrons. The number of benzene rings is 1. The van der Waals surface area contributed by atoms with E-state index < -0.39 is 10.0 Å². The molecule has 0 saturated heterocycles. The van der Waals surface area contributed by atoms with Crippen molar-refractivity contribution in [1.82, 2.24) is 19.5 Å². The monoisotopic (exact) mass is 473 g/mol. The fourth-order valence-electron chi connectivity index (χ4n) is 4.10. The number of rotatable bonds is 9. The predicted octanol–water partition coefficient (Wildman–Crippen LogP) is 2.53. The zero-order valence-corrected chi connectivity index (χ0v) is 19.6. The van der Waals surface area contributed by atoms with Gasteiger partial charge in [0.2, 0.25) is 16.0 Å². The summed E-state index contributed by atoms with van der Waals surface area (Å²) in [4.78, 5) is 13.9. The first-order chi connectivity index (χ1) is 15.8. The molecule has 0 aliphatic heterocycles. The van der Waals surface area contributed by atoms with E-state index in [9.17, 15) is 13.5 Å². The van der Waals surface area contributed by atoms with Gasteiger partial charge in [0.25, 0.3) is 0 Å². The van der Waals surface area contributed by atoms with Crippen LogP contribution in [0.15, 0.2) is 30.6 Å². The molecule has 2 heterocycles. The molecular formula is C22H31N7O3S. The van der Waals surface area contributed by atoms with Gasteiger partial charge in [-0.3, -0.25) is 0 Å². The lowest BCUT2D eigenvalue weighted by Crippen LogP contribution is -2.29. The largest absolute Gasteiger partial charge is 0.393 e. The maximum absolute atomic E-state index is 11.1. The fourth-order valence-corrected chi connectivity index (χ4v) is 4.65. The molecule has 4 rings (SSSR count). The Morgan fingerprint density at radius 1 is 1.15 bits per heavy atom. The number of aliphatic hydroxyl groups excluding tert-OH is 1. The van der Waals surface area contributed by atoms with E-state index in [4.69, 9.17) is 15.1 Å². The first-order valence-corrected chi connectivity index (χ1v) is 13.1. The molecule has 1 aliphatic carbocycles. The average Bonchev–Trinajstić information content (AvgIpc) is 3.19. The van der Waals surface area contributed by atoms with Crippen molar-refractivity contribution >= 4 is 38.6 Å². The van der Waals surface area contributed by atoms with Gasteiger partial charge >= 0.3 is 0 Å². The molecule has 33 heavy (non-hydrogen) atoms. The predicted molar refractivity (Wildman–Crippen MR) is 129 cm³/mol. The highest BCUT2D eigenvalue weighted by molar-refractivity contribution is 7.89. The Labute approximate surface area is 193 Å². The van der Waals surface area contributed by atoms with E-state index >= 15 is 0 Å². The average molecular weight is 474 g/mol. The number of primary sulfonamides is 1. The smallest absolute Gasteiger partial charge is 0.227 e. The number of aromatic nitrogens is 4. The van der Waals surface area contributed by atoms with Crippen molar-refractivity contribution in [2.45, 2.75) is 64.1 Å². The lowest BCUT2D eigenvalue weighted by atomic mass is 9.93. The molecule has 5 N–H and O–H groups in total. The van der Waals surface area contributed by atoms with E-state index in [0.29, 0.717) is 30.1 Å². The van der Waals surface area contributed by atoms with Crippen LogP contribution in [0.4, 0.5) is 17.5 Å². The summed E-state index contributed by atoms with van der Waals surface area (Å²) < 4.78 is 24.2. The molecule has 2 aromatic heterocycles. The first-order valence-electron chi connectivity index (χ1n) is 11.3. The minimum Gasteiger partial charge on any atom is -0.393 e. The van der Waals surface area contributed by atoms with E-state index in [-0.39, 0.29) is 17.9 Å². The minimum absolute atomic E-state index is 0.0261. The number of imidazole rings is 1. The van der Waals surface area contributed by atoms with Crippen LogP contribution in [0.3, 0.4) is 0 Å². The summed E-state index contributed by atoms with van der Waals surface area (Å²) in [5.74, 6) is 1.13. The van der Waals surface area contributed by atoms with Crippen LogP contribution in [0.25, 0.3) is 11.2 Å². The lowest BCUT2D eigenvalue weighted by Gasteiger charge is -2.26. The minimum atomic E-state index is -3.44. The van der Waals surface area contributed by atoms with Crippen molar-refractivity contribution in [1.29, 1.82) is 0 Å². The third kappa shape index (κ3) is 6.18. The van der Waals surface area contributed by atoms with Crippen molar-refractivity contribution in [2.75, 3.05) is 16.4 Å². The molecule has 178 valence electrons. The number of anilines is 3. The van der Waals surface area contributed by atoms with Gasteiger partial charge in [0.15, 0.2) is 17.0 Å². The Bertz CT molecular complexity index is 1190. The zero-order chi connectivity index (χ0) is 23.4. The quantitative estimate of drug-likeness (QED) is 0.370. The third-order valence-corrected chi connectivity index (χ3v) is 6.80. The van der Waals surface area contributed by atoms with Crippen LogP contribution < -0.4 is 15.8 Å². The molecule has 1 fully saturated rings.